The van der Waals surface area contributed by atoms with Crippen LogP contribution in [0.15, 0.2) is 0 Å². The fraction of sp³-hybridized carbons (Fsp3) is 0.833. The van der Waals surface area contributed by atoms with E-state index in [0.29, 0.717) is 25.9 Å². The number of aliphatic hydroxyl groups is 1. The minimum atomic E-state index is -0.996. The second-order valence-electron chi connectivity index (χ2n) is 4.98. The Morgan fingerprint density at radius 2 is 1.72 bits per heavy atom. The Bertz CT molecular complexity index is 324. The van der Waals surface area contributed by atoms with E-state index >= 15 is 0 Å². The first-order chi connectivity index (χ1) is 8.61. The third-order valence-corrected chi connectivity index (χ3v) is 3.75. The lowest BCUT2D eigenvalue weighted by atomic mass is 9.97. The molecule has 6 heteroatoms. The number of hydrogen-bond acceptors (Lipinski definition) is 4. The fourth-order valence-corrected chi connectivity index (χ4v) is 2.54. The first-order valence-electron chi connectivity index (χ1n) is 6.39. The highest BCUT2D eigenvalue weighted by Gasteiger charge is 2.37. The largest absolute Gasteiger partial charge is 0.479 e. The first-order valence-corrected chi connectivity index (χ1v) is 6.39. The van der Waals surface area contributed by atoms with Gasteiger partial charge >= 0.3 is 5.97 Å². The molecule has 1 amide bonds. The molecule has 2 rings (SSSR count). The molecular formula is C12H19NO5. The molecule has 0 aromatic carbocycles. The smallest absolute Gasteiger partial charge is 0.332 e. The maximum atomic E-state index is 12.1. The fourth-order valence-electron chi connectivity index (χ4n) is 2.54. The number of likely N-dealkylation sites (tertiary alicyclic amines) is 1. The number of piperidine rings is 1. The Morgan fingerprint density at radius 1 is 1.11 bits per heavy atom. The molecule has 0 unspecified atom stereocenters. The molecule has 18 heavy (non-hydrogen) atoms. The van der Waals surface area contributed by atoms with Gasteiger partial charge < -0.3 is 19.8 Å². The van der Waals surface area contributed by atoms with Crippen LogP contribution in [0.1, 0.15) is 25.7 Å². The zero-order valence-electron chi connectivity index (χ0n) is 10.2. The molecule has 2 saturated heterocycles. The first kappa shape index (κ1) is 13.3. The van der Waals surface area contributed by atoms with Gasteiger partial charge in [0.05, 0.1) is 0 Å². The SMILES string of the molecule is O=C(O)[C@H]1CC[C@@H](C(=O)N2CCC(CO)CC2)O1. The van der Waals surface area contributed by atoms with Gasteiger partial charge in [0.15, 0.2) is 6.10 Å². The van der Waals surface area contributed by atoms with Crippen molar-refractivity contribution in [1.29, 1.82) is 0 Å². The van der Waals surface area contributed by atoms with Gasteiger partial charge in [0.25, 0.3) is 5.91 Å². The molecular weight excluding hydrogens is 238 g/mol. The van der Waals surface area contributed by atoms with E-state index in [2.05, 4.69) is 0 Å². The van der Waals surface area contributed by atoms with Crippen LogP contribution >= 0.6 is 0 Å². The van der Waals surface area contributed by atoms with Gasteiger partial charge in [-0.2, -0.15) is 0 Å². The number of hydrogen-bond donors (Lipinski definition) is 2. The van der Waals surface area contributed by atoms with Crippen molar-refractivity contribution in [3.8, 4) is 0 Å². The van der Waals surface area contributed by atoms with Crippen molar-refractivity contribution >= 4 is 11.9 Å². The number of carbonyl (C=O) groups is 2. The molecule has 0 spiro atoms. The minimum absolute atomic E-state index is 0.102. The summed E-state index contributed by atoms with van der Waals surface area (Å²) in [6, 6.07) is 0. The molecule has 0 aliphatic carbocycles. The van der Waals surface area contributed by atoms with Gasteiger partial charge in [-0.05, 0) is 31.6 Å². The van der Waals surface area contributed by atoms with Crippen LogP contribution in [0.4, 0.5) is 0 Å². The summed E-state index contributed by atoms with van der Waals surface area (Å²) < 4.78 is 5.25. The standard InChI is InChI=1S/C12H19NO5/c14-7-8-3-5-13(6-4-8)11(15)9-1-2-10(18-9)12(16)17/h8-10,14H,1-7H2,(H,16,17)/t9-,10+/m0/s1. The van der Waals surface area contributed by atoms with Gasteiger partial charge in [-0.15, -0.1) is 0 Å². The zero-order valence-corrected chi connectivity index (χ0v) is 10.2. The van der Waals surface area contributed by atoms with Gasteiger partial charge in [0, 0.05) is 19.7 Å². The van der Waals surface area contributed by atoms with Crippen LogP contribution in [-0.2, 0) is 14.3 Å². The lowest BCUT2D eigenvalue weighted by Crippen LogP contribution is -2.44. The van der Waals surface area contributed by atoms with E-state index in [1.54, 1.807) is 4.90 Å². The number of carbonyl (C=O) groups excluding carboxylic acids is 1. The number of aliphatic hydroxyl groups excluding tert-OH is 1. The van der Waals surface area contributed by atoms with Crippen molar-refractivity contribution in [2.45, 2.75) is 37.9 Å². The number of aliphatic carboxylic acids is 1. The summed E-state index contributed by atoms with van der Waals surface area (Å²) in [4.78, 5) is 24.6. The molecule has 0 aromatic heterocycles. The number of carboxylic acid groups (broad SMARTS) is 1. The molecule has 0 saturated carbocycles. The number of rotatable bonds is 3. The lowest BCUT2D eigenvalue weighted by molar-refractivity contribution is -0.155. The number of amides is 1. The summed E-state index contributed by atoms with van der Waals surface area (Å²) >= 11 is 0. The van der Waals surface area contributed by atoms with Gasteiger partial charge in [-0.3, -0.25) is 4.79 Å². The maximum absolute atomic E-state index is 12.1. The third-order valence-electron chi connectivity index (χ3n) is 3.75. The second-order valence-corrected chi connectivity index (χ2v) is 4.98. The lowest BCUT2D eigenvalue weighted by Gasteiger charge is -2.32. The summed E-state index contributed by atoms with van der Waals surface area (Å²) in [5.74, 6) is -0.815. The molecule has 2 aliphatic heterocycles. The number of carboxylic acids is 1. The van der Waals surface area contributed by atoms with Gasteiger partial charge in [-0.25, -0.2) is 4.79 Å². The van der Waals surface area contributed by atoms with Crippen LogP contribution in [0.25, 0.3) is 0 Å². The van der Waals surface area contributed by atoms with Gasteiger partial charge in [0.1, 0.15) is 6.10 Å². The summed E-state index contributed by atoms with van der Waals surface area (Å²) in [6.45, 7) is 1.42. The molecule has 2 atom stereocenters. The van der Waals surface area contributed by atoms with E-state index in [1.165, 1.54) is 0 Å². The molecule has 2 aliphatic rings. The molecule has 2 heterocycles. The van der Waals surface area contributed by atoms with Crippen molar-refractivity contribution in [3.63, 3.8) is 0 Å². The van der Waals surface area contributed by atoms with E-state index in [4.69, 9.17) is 14.9 Å². The molecule has 102 valence electrons. The predicted octanol–water partition coefficient (Wildman–Crippen LogP) is -0.151. The van der Waals surface area contributed by atoms with Crippen LogP contribution in [-0.4, -0.2) is 58.9 Å². The van der Waals surface area contributed by atoms with Crippen LogP contribution in [0, 0.1) is 5.92 Å². The maximum Gasteiger partial charge on any atom is 0.332 e. The number of ether oxygens (including phenoxy) is 1. The van der Waals surface area contributed by atoms with Crippen LogP contribution in [0.3, 0.4) is 0 Å². The van der Waals surface area contributed by atoms with Gasteiger partial charge in [0.2, 0.25) is 0 Å². The average Bonchev–Trinajstić information content (AvgIpc) is 2.88. The van der Waals surface area contributed by atoms with Crippen LogP contribution in [0.2, 0.25) is 0 Å². The van der Waals surface area contributed by atoms with E-state index in [0.717, 1.165) is 12.8 Å². The zero-order chi connectivity index (χ0) is 13.1. The molecule has 6 nitrogen and oxygen atoms in total. The molecule has 0 radical (unpaired) electrons. The van der Waals surface area contributed by atoms with E-state index in [-0.39, 0.29) is 18.4 Å². The highest BCUT2D eigenvalue weighted by atomic mass is 16.5. The van der Waals surface area contributed by atoms with Crippen molar-refractivity contribution < 1.29 is 24.5 Å². The van der Waals surface area contributed by atoms with E-state index in [9.17, 15) is 9.59 Å². The Kier molecular flexibility index (Phi) is 4.19. The monoisotopic (exact) mass is 257 g/mol. The summed E-state index contributed by atoms with van der Waals surface area (Å²) in [5.41, 5.74) is 0. The van der Waals surface area contributed by atoms with Crippen LogP contribution in [0.5, 0.6) is 0 Å². The normalized spacial score (nSPS) is 29.5. The highest BCUT2D eigenvalue weighted by molar-refractivity contribution is 5.82. The molecule has 2 N–H and O–H groups in total. The topological polar surface area (TPSA) is 87.1 Å². The van der Waals surface area contributed by atoms with Crippen molar-refractivity contribution in [3.05, 3.63) is 0 Å². The van der Waals surface area contributed by atoms with E-state index in [1.807, 2.05) is 0 Å². The second kappa shape index (κ2) is 5.67. The highest BCUT2D eigenvalue weighted by Crippen LogP contribution is 2.24. The Labute approximate surface area is 106 Å². The van der Waals surface area contributed by atoms with Crippen molar-refractivity contribution in [2.75, 3.05) is 19.7 Å². The molecule has 0 bridgehead atoms. The third kappa shape index (κ3) is 2.81. The average molecular weight is 257 g/mol. The van der Waals surface area contributed by atoms with Crippen LogP contribution < -0.4 is 0 Å². The quantitative estimate of drug-likeness (QED) is 0.734. The van der Waals surface area contributed by atoms with Crippen molar-refractivity contribution in [2.24, 2.45) is 5.92 Å². The summed E-state index contributed by atoms with van der Waals surface area (Å²) in [5, 5.41) is 17.8. The van der Waals surface area contributed by atoms with Crippen molar-refractivity contribution in [1.82, 2.24) is 4.90 Å². The number of nitrogens with zero attached hydrogens (tertiary/aromatic N) is 1. The molecule has 0 aromatic rings. The van der Waals surface area contributed by atoms with Gasteiger partial charge in [-0.1, -0.05) is 0 Å². The Balaban J connectivity index is 1.84. The summed E-state index contributed by atoms with van der Waals surface area (Å²) in [6.07, 6.45) is 1.05. The van der Waals surface area contributed by atoms with E-state index < -0.39 is 18.2 Å². The summed E-state index contributed by atoms with van der Waals surface area (Å²) in [7, 11) is 0. The predicted molar refractivity (Wildman–Crippen MR) is 61.9 cm³/mol. The Hall–Kier alpha value is -1.14. The molecule has 2 fully saturated rings. The Morgan fingerprint density at radius 3 is 2.22 bits per heavy atom. The minimum Gasteiger partial charge on any atom is -0.479 e.